The first-order valence-corrected chi connectivity index (χ1v) is 13.4. The van der Waals surface area contributed by atoms with E-state index in [0.717, 1.165) is 11.3 Å². The Morgan fingerprint density at radius 2 is 1.65 bits per heavy atom. The van der Waals surface area contributed by atoms with Crippen LogP contribution in [0.25, 0.3) is 10.6 Å². The molecule has 1 aliphatic heterocycles. The number of aliphatic hydroxyl groups is 1. The molecule has 1 N–H and O–H groups in total. The first-order valence-electron chi connectivity index (χ1n) is 12.6. The van der Waals surface area contributed by atoms with Crippen molar-refractivity contribution >= 4 is 34.4 Å². The van der Waals surface area contributed by atoms with Crippen LogP contribution in [-0.2, 0) is 4.79 Å². The Balaban J connectivity index is 1.64. The lowest BCUT2D eigenvalue weighted by molar-refractivity contribution is -0.117. The van der Waals surface area contributed by atoms with Crippen molar-refractivity contribution in [3.8, 4) is 22.1 Å². The zero-order chi connectivity index (χ0) is 28.6. The number of ether oxygens (including phenoxy) is 2. The summed E-state index contributed by atoms with van der Waals surface area (Å²) in [5.41, 5.74) is 3.50. The first kappa shape index (κ1) is 27.0. The Morgan fingerprint density at radius 3 is 2.27 bits per heavy atom. The Kier molecular flexibility index (Phi) is 7.32. The van der Waals surface area contributed by atoms with Gasteiger partial charge in [-0.15, -0.1) is 11.3 Å². The molecule has 0 bridgehead atoms. The first-order chi connectivity index (χ1) is 19.2. The molecule has 1 unspecified atom stereocenters. The minimum Gasteiger partial charge on any atom is -0.503 e. The standard InChI is InChI=1S/C31H29N3O5S/c1-18-29(40-30(32-18)20-9-7-6-8-10-20)27(35)25-26(19-11-13-21(14-12-19)33(2)3)34(31(37)28(25)36)22-15-16-23(38-4)24(17-22)39-5/h6-17,26,36H,1-5H3. The van der Waals surface area contributed by atoms with Crippen LogP contribution in [0.3, 0.4) is 0 Å². The lowest BCUT2D eigenvalue weighted by atomic mass is 9.94. The molecule has 9 heteroatoms. The Labute approximate surface area is 236 Å². The highest BCUT2D eigenvalue weighted by Gasteiger charge is 2.45. The molecule has 0 spiro atoms. The highest BCUT2D eigenvalue weighted by Crippen LogP contribution is 2.45. The van der Waals surface area contributed by atoms with Crippen molar-refractivity contribution in [2.45, 2.75) is 13.0 Å². The normalized spacial score (nSPS) is 15.0. The number of aliphatic hydroxyl groups excluding tert-OH is 1. The van der Waals surface area contributed by atoms with Gasteiger partial charge in [-0.2, -0.15) is 0 Å². The molecule has 1 amide bonds. The highest BCUT2D eigenvalue weighted by atomic mass is 32.1. The molecule has 0 radical (unpaired) electrons. The van der Waals surface area contributed by atoms with E-state index in [1.54, 1.807) is 25.1 Å². The van der Waals surface area contributed by atoms with E-state index in [1.165, 1.54) is 30.5 Å². The van der Waals surface area contributed by atoms with Gasteiger partial charge in [0.2, 0.25) is 5.78 Å². The number of carbonyl (C=O) groups excluding carboxylic acids is 2. The summed E-state index contributed by atoms with van der Waals surface area (Å²) in [6.45, 7) is 1.76. The number of hydrogen-bond donors (Lipinski definition) is 1. The molecule has 3 aromatic carbocycles. The number of rotatable bonds is 8. The summed E-state index contributed by atoms with van der Waals surface area (Å²) in [7, 11) is 6.90. The Hall–Kier alpha value is -4.63. The smallest absolute Gasteiger partial charge is 0.294 e. The number of Topliss-reactive ketones (excluding diaryl/α,β-unsaturated/α-hetero) is 1. The molecule has 204 valence electrons. The number of hydrogen-bond acceptors (Lipinski definition) is 8. The number of carbonyl (C=O) groups is 2. The molecule has 1 aromatic heterocycles. The molecule has 1 aliphatic rings. The van der Waals surface area contributed by atoms with Crippen LogP contribution in [0.2, 0.25) is 0 Å². The maximum absolute atomic E-state index is 14.1. The van der Waals surface area contributed by atoms with Gasteiger partial charge in [0.05, 0.1) is 36.4 Å². The maximum Gasteiger partial charge on any atom is 0.294 e. The van der Waals surface area contributed by atoms with Gasteiger partial charge in [-0.05, 0) is 36.8 Å². The number of thiazole rings is 1. The molecule has 2 heterocycles. The van der Waals surface area contributed by atoms with Crippen molar-refractivity contribution in [3.63, 3.8) is 0 Å². The lowest BCUT2D eigenvalue weighted by Crippen LogP contribution is -2.31. The van der Waals surface area contributed by atoms with Crippen LogP contribution in [-0.4, -0.2) is 50.1 Å². The molecular weight excluding hydrogens is 526 g/mol. The topological polar surface area (TPSA) is 92.2 Å². The zero-order valence-corrected chi connectivity index (χ0v) is 23.7. The van der Waals surface area contributed by atoms with Gasteiger partial charge in [-0.3, -0.25) is 14.5 Å². The summed E-state index contributed by atoms with van der Waals surface area (Å²) in [5, 5.41) is 11.9. The van der Waals surface area contributed by atoms with Crippen molar-refractivity contribution in [2.24, 2.45) is 0 Å². The van der Waals surface area contributed by atoms with Gasteiger partial charge < -0.3 is 19.5 Å². The maximum atomic E-state index is 14.1. The molecule has 40 heavy (non-hydrogen) atoms. The van der Waals surface area contributed by atoms with E-state index in [4.69, 9.17) is 9.47 Å². The SMILES string of the molecule is COc1ccc(N2C(=O)C(O)=C(C(=O)c3sc(-c4ccccc4)nc3C)C2c2ccc(N(C)C)cc2)cc1OC. The van der Waals surface area contributed by atoms with Crippen molar-refractivity contribution < 1.29 is 24.2 Å². The second-order valence-corrected chi connectivity index (χ2v) is 10.5. The zero-order valence-electron chi connectivity index (χ0n) is 22.8. The quantitative estimate of drug-likeness (QED) is 0.267. The summed E-state index contributed by atoms with van der Waals surface area (Å²) in [6, 6.07) is 21.3. The second kappa shape index (κ2) is 10.9. The van der Waals surface area contributed by atoms with Crippen molar-refractivity contribution in [3.05, 3.63) is 100 Å². The van der Waals surface area contributed by atoms with E-state index in [0.29, 0.717) is 38.3 Å². The van der Waals surface area contributed by atoms with E-state index in [2.05, 4.69) is 4.98 Å². The molecule has 0 fully saturated rings. The van der Waals surface area contributed by atoms with E-state index < -0.39 is 23.5 Å². The third-order valence-electron chi connectivity index (χ3n) is 6.85. The summed E-state index contributed by atoms with van der Waals surface area (Å²) < 4.78 is 10.8. The third kappa shape index (κ3) is 4.69. The van der Waals surface area contributed by atoms with Gasteiger partial charge in [0, 0.05) is 37.1 Å². The Bertz CT molecular complexity index is 1610. The van der Waals surface area contributed by atoms with E-state index in [1.807, 2.05) is 73.6 Å². The van der Waals surface area contributed by atoms with Crippen LogP contribution in [0.1, 0.15) is 27.0 Å². The average molecular weight is 556 g/mol. The fourth-order valence-corrected chi connectivity index (χ4v) is 5.81. The average Bonchev–Trinajstić information content (AvgIpc) is 3.49. The molecule has 0 aliphatic carbocycles. The predicted molar refractivity (Wildman–Crippen MR) is 157 cm³/mol. The van der Waals surface area contributed by atoms with Gasteiger partial charge in [-0.1, -0.05) is 42.5 Å². The van der Waals surface area contributed by atoms with Crippen molar-refractivity contribution in [2.75, 3.05) is 38.1 Å². The van der Waals surface area contributed by atoms with Gasteiger partial charge in [0.1, 0.15) is 5.01 Å². The number of benzene rings is 3. The fraction of sp³-hybridized carbons (Fsp3) is 0.194. The molecule has 4 aromatic rings. The van der Waals surface area contributed by atoms with Crippen molar-refractivity contribution in [1.82, 2.24) is 4.98 Å². The van der Waals surface area contributed by atoms with Crippen molar-refractivity contribution in [1.29, 1.82) is 0 Å². The number of methoxy groups -OCH3 is 2. The Morgan fingerprint density at radius 1 is 0.975 bits per heavy atom. The van der Waals surface area contributed by atoms with Crippen LogP contribution >= 0.6 is 11.3 Å². The minimum atomic E-state index is -0.879. The molecule has 1 atom stereocenters. The molecular formula is C31H29N3O5S. The lowest BCUT2D eigenvalue weighted by Gasteiger charge is -2.28. The highest BCUT2D eigenvalue weighted by molar-refractivity contribution is 7.17. The van der Waals surface area contributed by atoms with Crippen LogP contribution < -0.4 is 19.3 Å². The summed E-state index contributed by atoms with van der Waals surface area (Å²) >= 11 is 1.24. The largest absolute Gasteiger partial charge is 0.503 e. The van der Waals surface area contributed by atoms with E-state index in [-0.39, 0.29) is 5.57 Å². The number of nitrogens with zero attached hydrogens (tertiary/aromatic N) is 3. The third-order valence-corrected chi connectivity index (χ3v) is 8.05. The summed E-state index contributed by atoms with van der Waals surface area (Å²) in [6.07, 6.45) is 0. The minimum absolute atomic E-state index is 0.00347. The molecule has 5 rings (SSSR count). The van der Waals surface area contributed by atoms with Gasteiger partial charge in [0.25, 0.3) is 5.91 Å². The van der Waals surface area contributed by atoms with Crippen LogP contribution in [0, 0.1) is 6.92 Å². The summed E-state index contributed by atoms with van der Waals surface area (Å²) in [4.78, 5) is 36.2. The van der Waals surface area contributed by atoms with Gasteiger partial charge in [0.15, 0.2) is 17.3 Å². The van der Waals surface area contributed by atoms with E-state index >= 15 is 0 Å². The fourth-order valence-electron chi connectivity index (χ4n) is 4.78. The van der Waals surface area contributed by atoms with E-state index in [9.17, 15) is 14.7 Å². The van der Waals surface area contributed by atoms with Gasteiger partial charge >= 0.3 is 0 Å². The number of anilines is 2. The number of aromatic nitrogens is 1. The van der Waals surface area contributed by atoms with Crippen LogP contribution in [0.15, 0.2) is 84.1 Å². The van der Waals surface area contributed by atoms with Crippen LogP contribution in [0.5, 0.6) is 11.5 Å². The van der Waals surface area contributed by atoms with Gasteiger partial charge in [-0.25, -0.2) is 4.98 Å². The predicted octanol–water partition coefficient (Wildman–Crippen LogP) is 5.98. The number of aryl methyl sites for hydroxylation is 1. The molecule has 8 nitrogen and oxygen atoms in total. The van der Waals surface area contributed by atoms with Crippen LogP contribution in [0.4, 0.5) is 11.4 Å². The monoisotopic (exact) mass is 555 g/mol. The summed E-state index contributed by atoms with van der Waals surface area (Å²) in [5.74, 6) is -0.794. The number of amides is 1. The second-order valence-electron chi connectivity index (χ2n) is 9.49. The molecule has 0 saturated heterocycles. The molecule has 0 saturated carbocycles. The number of ketones is 1.